The molecule has 0 unspecified atom stereocenters. The number of quaternary nitrogens is 1. The predicted octanol–water partition coefficient (Wildman–Crippen LogP) is 2.79. The summed E-state index contributed by atoms with van der Waals surface area (Å²) in [4.78, 5) is 15.5. The zero-order valence-electron chi connectivity index (χ0n) is 13.9. The highest BCUT2D eigenvalue weighted by Gasteiger charge is 2.24. The van der Waals surface area contributed by atoms with Crippen molar-refractivity contribution >= 4 is 10.9 Å². The number of fused-ring (bicyclic) bond motifs is 1. The molecule has 0 amide bonds. The van der Waals surface area contributed by atoms with E-state index in [0.717, 1.165) is 28.9 Å². The van der Waals surface area contributed by atoms with Gasteiger partial charge in [0.1, 0.15) is 6.54 Å². The molecule has 0 spiro atoms. The first-order valence-corrected chi connectivity index (χ1v) is 8.51. The van der Waals surface area contributed by atoms with Crippen LogP contribution in [0.25, 0.3) is 10.9 Å². The number of aromatic nitrogens is 1. The van der Waals surface area contributed by atoms with E-state index in [1.807, 2.05) is 0 Å². The average Bonchev–Trinajstić information content (AvgIpc) is 2.51. The Balaban J connectivity index is 1.83. The van der Waals surface area contributed by atoms with E-state index in [1.54, 1.807) is 0 Å². The molecule has 1 aliphatic carbocycles. The summed E-state index contributed by atoms with van der Waals surface area (Å²) in [6, 6.07) is 6.99. The van der Waals surface area contributed by atoms with Gasteiger partial charge in [-0.05, 0) is 55.7 Å². The number of nitrogens with one attached hydrogen (secondary N) is 1. The highest BCUT2D eigenvalue weighted by atomic mass is 16.1. The fraction of sp³-hybridized carbons (Fsp3) is 0.526. The van der Waals surface area contributed by atoms with E-state index in [4.69, 9.17) is 0 Å². The molecule has 3 heteroatoms. The zero-order valence-corrected chi connectivity index (χ0v) is 13.9. The Kier molecular flexibility index (Phi) is 4.34. The second-order valence-electron chi connectivity index (χ2n) is 6.96. The highest BCUT2D eigenvalue weighted by Crippen LogP contribution is 2.21. The van der Waals surface area contributed by atoms with Gasteiger partial charge >= 0.3 is 0 Å². The molecule has 3 rings (SSSR count). The molecule has 0 bridgehead atoms. The van der Waals surface area contributed by atoms with Gasteiger partial charge in [-0.1, -0.05) is 25.5 Å². The van der Waals surface area contributed by atoms with Gasteiger partial charge in [-0.2, -0.15) is 0 Å². The molecule has 1 aliphatic rings. The SMILES string of the molecule is Cc1ccc2cc(C[NH2+][C@@H]3CCCC[C@@H]3C)c(=O)[nH]c2c1C. The van der Waals surface area contributed by atoms with Gasteiger partial charge in [0, 0.05) is 5.92 Å². The Morgan fingerprint density at radius 2 is 2.00 bits per heavy atom. The lowest BCUT2D eigenvalue weighted by atomic mass is 9.86. The van der Waals surface area contributed by atoms with Crippen LogP contribution >= 0.6 is 0 Å². The molecule has 1 fully saturated rings. The molecule has 3 nitrogen and oxygen atoms in total. The molecule has 22 heavy (non-hydrogen) atoms. The van der Waals surface area contributed by atoms with Crippen molar-refractivity contribution in [3.8, 4) is 0 Å². The Morgan fingerprint density at radius 3 is 2.77 bits per heavy atom. The maximum Gasteiger partial charge on any atom is 0.257 e. The molecule has 2 atom stereocenters. The predicted molar refractivity (Wildman–Crippen MR) is 91.1 cm³/mol. The molecule has 1 heterocycles. The van der Waals surface area contributed by atoms with Gasteiger partial charge in [-0.3, -0.25) is 4.79 Å². The van der Waals surface area contributed by atoms with Gasteiger partial charge in [0.2, 0.25) is 0 Å². The van der Waals surface area contributed by atoms with Gasteiger partial charge in [0.25, 0.3) is 5.56 Å². The lowest BCUT2D eigenvalue weighted by Gasteiger charge is -2.26. The van der Waals surface area contributed by atoms with Crippen molar-refractivity contribution in [2.75, 3.05) is 0 Å². The van der Waals surface area contributed by atoms with E-state index in [-0.39, 0.29) is 5.56 Å². The quantitative estimate of drug-likeness (QED) is 0.899. The summed E-state index contributed by atoms with van der Waals surface area (Å²) in [5.74, 6) is 0.762. The maximum atomic E-state index is 12.4. The minimum Gasteiger partial charge on any atom is -0.340 e. The summed E-state index contributed by atoms with van der Waals surface area (Å²) in [7, 11) is 0. The van der Waals surface area contributed by atoms with E-state index >= 15 is 0 Å². The highest BCUT2D eigenvalue weighted by molar-refractivity contribution is 5.83. The Bertz CT molecular complexity index is 732. The van der Waals surface area contributed by atoms with Gasteiger partial charge < -0.3 is 10.3 Å². The number of H-pyrrole nitrogens is 1. The van der Waals surface area contributed by atoms with Gasteiger partial charge in [0.15, 0.2) is 0 Å². The largest absolute Gasteiger partial charge is 0.340 e. The number of hydrogen-bond donors (Lipinski definition) is 2. The minimum absolute atomic E-state index is 0.0703. The van der Waals surface area contributed by atoms with Gasteiger partial charge in [0.05, 0.1) is 17.1 Å². The van der Waals surface area contributed by atoms with Crippen LogP contribution in [0.3, 0.4) is 0 Å². The normalized spacial score (nSPS) is 22.1. The summed E-state index contributed by atoms with van der Waals surface area (Å²) in [5, 5.41) is 3.52. The number of nitrogens with two attached hydrogens (primary N) is 1. The topological polar surface area (TPSA) is 49.5 Å². The van der Waals surface area contributed by atoms with E-state index in [0.29, 0.717) is 6.04 Å². The molecule has 3 N–H and O–H groups in total. The molecule has 0 saturated heterocycles. The fourth-order valence-electron chi connectivity index (χ4n) is 3.70. The molecule has 1 aromatic carbocycles. The molecule has 118 valence electrons. The van der Waals surface area contributed by atoms with E-state index in [1.165, 1.54) is 36.8 Å². The van der Waals surface area contributed by atoms with Crippen molar-refractivity contribution in [1.29, 1.82) is 0 Å². The first-order valence-electron chi connectivity index (χ1n) is 8.51. The molecular formula is C19H27N2O+. The first kappa shape index (κ1) is 15.3. The Labute approximate surface area is 132 Å². The third-order valence-corrected chi connectivity index (χ3v) is 5.45. The summed E-state index contributed by atoms with van der Waals surface area (Å²) in [6.45, 7) is 7.28. The second kappa shape index (κ2) is 6.25. The van der Waals surface area contributed by atoms with Crippen LogP contribution in [0.1, 0.15) is 49.3 Å². The van der Waals surface area contributed by atoms with Crippen molar-refractivity contribution in [2.24, 2.45) is 5.92 Å². The van der Waals surface area contributed by atoms with Gasteiger partial charge in [-0.25, -0.2) is 0 Å². The molecule has 0 radical (unpaired) electrons. The Hall–Kier alpha value is -1.61. The van der Waals surface area contributed by atoms with Crippen molar-refractivity contribution in [1.82, 2.24) is 4.98 Å². The van der Waals surface area contributed by atoms with Crippen LogP contribution in [-0.4, -0.2) is 11.0 Å². The average molecular weight is 299 g/mol. The lowest BCUT2D eigenvalue weighted by molar-refractivity contribution is -0.712. The Morgan fingerprint density at radius 1 is 1.23 bits per heavy atom. The van der Waals surface area contributed by atoms with Crippen molar-refractivity contribution < 1.29 is 5.32 Å². The van der Waals surface area contributed by atoms with Crippen molar-refractivity contribution in [2.45, 2.75) is 59.0 Å². The first-order chi connectivity index (χ1) is 10.6. The van der Waals surface area contributed by atoms with E-state index in [9.17, 15) is 4.79 Å². The second-order valence-corrected chi connectivity index (χ2v) is 6.96. The molecule has 2 aromatic rings. The van der Waals surface area contributed by atoms with Crippen LogP contribution in [0.15, 0.2) is 23.0 Å². The lowest BCUT2D eigenvalue weighted by Crippen LogP contribution is -2.90. The minimum atomic E-state index is 0.0703. The smallest absolute Gasteiger partial charge is 0.257 e. The summed E-state index contributed by atoms with van der Waals surface area (Å²) < 4.78 is 0. The number of aryl methyl sites for hydroxylation is 2. The van der Waals surface area contributed by atoms with Crippen LogP contribution in [0.4, 0.5) is 0 Å². The monoisotopic (exact) mass is 299 g/mol. The number of pyridine rings is 1. The third-order valence-electron chi connectivity index (χ3n) is 5.45. The van der Waals surface area contributed by atoms with Gasteiger partial charge in [-0.15, -0.1) is 0 Å². The fourth-order valence-corrected chi connectivity index (χ4v) is 3.70. The van der Waals surface area contributed by atoms with Crippen LogP contribution < -0.4 is 10.9 Å². The molecule has 0 aliphatic heterocycles. The molecular weight excluding hydrogens is 272 g/mol. The van der Waals surface area contributed by atoms with Crippen molar-refractivity contribution in [3.05, 3.63) is 45.2 Å². The summed E-state index contributed by atoms with van der Waals surface area (Å²) in [5.41, 5.74) is 4.35. The number of benzene rings is 1. The van der Waals surface area contributed by atoms with E-state index < -0.39 is 0 Å². The maximum absolute atomic E-state index is 12.4. The number of aromatic amines is 1. The zero-order chi connectivity index (χ0) is 15.7. The van der Waals surface area contributed by atoms with Crippen molar-refractivity contribution in [3.63, 3.8) is 0 Å². The molecule has 1 saturated carbocycles. The number of rotatable bonds is 3. The van der Waals surface area contributed by atoms with Crippen LogP contribution in [-0.2, 0) is 6.54 Å². The van der Waals surface area contributed by atoms with E-state index in [2.05, 4.69) is 49.3 Å². The van der Waals surface area contributed by atoms with Crippen LogP contribution in [0.2, 0.25) is 0 Å². The molecule has 1 aromatic heterocycles. The summed E-state index contributed by atoms with van der Waals surface area (Å²) >= 11 is 0. The number of hydrogen-bond acceptors (Lipinski definition) is 1. The third kappa shape index (κ3) is 2.95. The summed E-state index contributed by atoms with van der Waals surface area (Å²) in [6.07, 6.45) is 5.30. The van der Waals surface area contributed by atoms with Crippen LogP contribution in [0.5, 0.6) is 0 Å². The standard InChI is InChI=1S/C19H26N2O/c1-12-8-9-15-10-16(19(22)21-18(15)14(12)3)11-20-17-7-5-4-6-13(17)2/h8-10,13,17,20H,4-7,11H2,1-3H3,(H,21,22)/p+1/t13-,17+/m0/s1. The van der Waals surface area contributed by atoms with Crippen LogP contribution in [0, 0.1) is 19.8 Å².